The molecule has 0 saturated heterocycles. The third kappa shape index (κ3) is 3.50. The van der Waals surface area contributed by atoms with Crippen LogP contribution in [0.3, 0.4) is 0 Å². The first kappa shape index (κ1) is 10.6. The largest absolute Gasteiger partial charge is 0.390 e. The van der Waals surface area contributed by atoms with E-state index in [9.17, 15) is 0 Å². The van der Waals surface area contributed by atoms with E-state index in [-0.39, 0.29) is 6.17 Å². The first-order valence-electron chi connectivity index (χ1n) is 4.66. The van der Waals surface area contributed by atoms with E-state index < -0.39 is 0 Å². The van der Waals surface area contributed by atoms with Gasteiger partial charge in [0.05, 0.1) is 12.3 Å². The Morgan fingerprint density at radius 3 is 3.29 bits per heavy atom. The summed E-state index contributed by atoms with van der Waals surface area (Å²) < 4.78 is 0. The van der Waals surface area contributed by atoms with E-state index in [0.29, 0.717) is 12.3 Å². The molecule has 4 nitrogen and oxygen atoms in total. The minimum Gasteiger partial charge on any atom is -0.390 e. The van der Waals surface area contributed by atoms with Crippen LogP contribution in [-0.2, 0) is 0 Å². The lowest BCUT2D eigenvalue weighted by molar-refractivity contribution is 0.604. The van der Waals surface area contributed by atoms with Crippen molar-refractivity contribution in [3.63, 3.8) is 0 Å². The summed E-state index contributed by atoms with van der Waals surface area (Å²) in [5.41, 5.74) is 5.20. The molecule has 1 aliphatic rings. The summed E-state index contributed by atoms with van der Waals surface area (Å²) in [6.07, 6.45) is 6.00. The first-order chi connectivity index (χ1) is 6.86. The molecule has 0 radical (unpaired) electrons. The lowest BCUT2D eigenvalue weighted by atomic mass is 10.2. The number of nitrogens with zero attached hydrogens (tertiary/aromatic N) is 1. The Bertz CT molecular complexity index is 272. The molecule has 0 aromatic heterocycles. The fourth-order valence-electron chi connectivity index (χ4n) is 1.17. The summed E-state index contributed by atoms with van der Waals surface area (Å²) in [5.74, 6) is 6.58. The van der Waals surface area contributed by atoms with E-state index in [4.69, 9.17) is 5.73 Å². The van der Waals surface area contributed by atoms with Crippen molar-refractivity contribution in [1.29, 1.82) is 0 Å². The normalized spacial score (nSPS) is 21.6. The minimum absolute atomic E-state index is 0.00541. The van der Waals surface area contributed by atoms with Gasteiger partial charge in [-0.3, -0.25) is 10.3 Å². The summed E-state index contributed by atoms with van der Waals surface area (Å²) in [7, 11) is 1.84. The van der Waals surface area contributed by atoms with Crippen molar-refractivity contribution in [3.05, 3.63) is 12.3 Å². The molecule has 4 N–H and O–H groups in total. The number of aliphatic imine (C=N–C) groups is 1. The van der Waals surface area contributed by atoms with Gasteiger partial charge in [-0.05, 0) is 13.2 Å². The number of nitrogens with two attached hydrogens (primary N) is 1. The van der Waals surface area contributed by atoms with Crippen molar-refractivity contribution >= 4 is 6.34 Å². The average molecular weight is 192 g/mol. The van der Waals surface area contributed by atoms with Gasteiger partial charge in [-0.25, -0.2) is 0 Å². The third-order valence-electron chi connectivity index (χ3n) is 1.97. The number of hydrogen-bond acceptors (Lipinski definition) is 3. The Hall–Kier alpha value is -1.47. The van der Waals surface area contributed by atoms with Crippen LogP contribution in [0.25, 0.3) is 0 Å². The highest BCUT2D eigenvalue weighted by Crippen LogP contribution is 2.00. The predicted octanol–water partition coefficient (Wildman–Crippen LogP) is -0.354. The quantitative estimate of drug-likeness (QED) is 0.325. The van der Waals surface area contributed by atoms with Crippen LogP contribution >= 0.6 is 0 Å². The molecule has 14 heavy (non-hydrogen) atoms. The predicted molar refractivity (Wildman–Crippen MR) is 58.6 cm³/mol. The zero-order chi connectivity index (χ0) is 10.2. The zero-order valence-electron chi connectivity index (χ0n) is 8.33. The van der Waals surface area contributed by atoms with Crippen LogP contribution in [0.1, 0.15) is 6.42 Å². The molecule has 1 rings (SSSR count). The van der Waals surface area contributed by atoms with E-state index >= 15 is 0 Å². The molecule has 1 heterocycles. The molecule has 76 valence electrons. The smallest absolute Gasteiger partial charge is 0.112 e. The SMILES string of the molecule is CNC(CC#CC1C=CNC1)N=CN. The average Bonchev–Trinajstić information content (AvgIpc) is 2.69. The fourth-order valence-corrected chi connectivity index (χ4v) is 1.17. The first-order valence-corrected chi connectivity index (χ1v) is 4.66. The van der Waals surface area contributed by atoms with E-state index in [1.54, 1.807) is 0 Å². The van der Waals surface area contributed by atoms with Crippen molar-refractivity contribution in [2.75, 3.05) is 13.6 Å². The molecule has 2 atom stereocenters. The molecule has 0 amide bonds. The molecule has 0 bridgehead atoms. The van der Waals surface area contributed by atoms with Gasteiger partial charge in [0.1, 0.15) is 6.17 Å². The second-order valence-electron chi connectivity index (χ2n) is 3.00. The van der Waals surface area contributed by atoms with Gasteiger partial charge in [-0.1, -0.05) is 17.9 Å². The zero-order valence-corrected chi connectivity index (χ0v) is 8.33. The highest BCUT2D eigenvalue weighted by molar-refractivity contribution is 5.51. The van der Waals surface area contributed by atoms with Gasteiger partial charge >= 0.3 is 0 Å². The van der Waals surface area contributed by atoms with Crippen LogP contribution in [0.15, 0.2) is 17.3 Å². The van der Waals surface area contributed by atoms with E-state index in [0.717, 1.165) is 6.54 Å². The molecule has 2 unspecified atom stereocenters. The van der Waals surface area contributed by atoms with Crippen LogP contribution in [0.4, 0.5) is 0 Å². The molecule has 0 aromatic rings. The van der Waals surface area contributed by atoms with Crippen molar-refractivity contribution in [1.82, 2.24) is 10.6 Å². The van der Waals surface area contributed by atoms with Gasteiger partial charge in [0, 0.05) is 13.0 Å². The van der Waals surface area contributed by atoms with Gasteiger partial charge in [0.15, 0.2) is 0 Å². The number of hydrogen-bond donors (Lipinski definition) is 3. The molecule has 0 aliphatic carbocycles. The molecule has 4 heteroatoms. The molecule has 0 aromatic carbocycles. The van der Waals surface area contributed by atoms with Crippen molar-refractivity contribution in [3.8, 4) is 11.8 Å². The van der Waals surface area contributed by atoms with Crippen LogP contribution < -0.4 is 16.4 Å². The maximum atomic E-state index is 5.20. The summed E-state index contributed by atoms with van der Waals surface area (Å²) in [5, 5.41) is 6.12. The van der Waals surface area contributed by atoms with E-state index in [1.165, 1.54) is 6.34 Å². The summed E-state index contributed by atoms with van der Waals surface area (Å²) >= 11 is 0. The van der Waals surface area contributed by atoms with Crippen molar-refractivity contribution in [2.45, 2.75) is 12.6 Å². The molecule has 1 aliphatic heterocycles. The molecule has 0 saturated carbocycles. The Kier molecular flexibility index (Phi) is 4.59. The van der Waals surface area contributed by atoms with Gasteiger partial charge in [0.25, 0.3) is 0 Å². The Balaban J connectivity index is 2.32. The summed E-state index contributed by atoms with van der Waals surface area (Å²) in [6, 6.07) is 0. The third-order valence-corrected chi connectivity index (χ3v) is 1.97. The lowest BCUT2D eigenvalue weighted by Crippen LogP contribution is -2.23. The summed E-state index contributed by atoms with van der Waals surface area (Å²) in [4.78, 5) is 4.01. The maximum Gasteiger partial charge on any atom is 0.112 e. The monoisotopic (exact) mass is 192 g/mol. The van der Waals surface area contributed by atoms with Crippen LogP contribution in [0, 0.1) is 17.8 Å². The highest BCUT2D eigenvalue weighted by atomic mass is 15.0. The molecule has 0 fully saturated rings. The van der Waals surface area contributed by atoms with Crippen molar-refractivity contribution in [2.24, 2.45) is 16.6 Å². The Labute approximate surface area is 84.7 Å². The van der Waals surface area contributed by atoms with E-state index in [2.05, 4.69) is 33.5 Å². The highest BCUT2D eigenvalue weighted by Gasteiger charge is 2.03. The maximum absolute atomic E-state index is 5.20. The fraction of sp³-hybridized carbons (Fsp3) is 0.500. The van der Waals surface area contributed by atoms with Crippen molar-refractivity contribution < 1.29 is 0 Å². The number of rotatable bonds is 3. The molecular weight excluding hydrogens is 176 g/mol. The summed E-state index contributed by atoms with van der Waals surface area (Å²) in [6.45, 7) is 0.914. The van der Waals surface area contributed by atoms with Crippen LogP contribution in [0.2, 0.25) is 0 Å². The van der Waals surface area contributed by atoms with Gasteiger partial charge in [-0.15, -0.1) is 0 Å². The van der Waals surface area contributed by atoms with Gasteiger partial charge in [0.2, 0.25) is 0 Å². The second kappa shape index (κ2) is 6.06. The van der Waals surface area contributed by atoms with Crippen LogP contribution in [0.5, 0.6) is 0 Å². The second-order valence-corrected chi connectivity index (χ2v) is 3.00. The lowest BCUT2D eigenvalue weighted by Gasteiger charge is -2.05. The van der Waals surface area contributed by atoms with Crippen LogP contribution in [-0.4, -0.2) is 26.1 Å². The van der Waals surface area contributed by atoms with Gasteiger partial charge < -0.3 is 11.1 Å². The Morgan fingerprint density at radius 1 is 1.86 bits per heavy atom. The molecule has 0 spiro atoms. The molecular formula is C10H16N4. The topological polar surface area (TPSA) is 62.4 Å². The number of nitrogens with one attached hydrogen (secondary N) is 2. The van der Waals surface area contributed by atoms with E-state index in [1.807, 2.05) is 13.2 Å². The standard InChI is InChI=1S/C10H16N4/c1-12-10(14-8-11)4-2-3-9-5-6-13-7-9/h5-6,8-10,12-13H,4,7H2,1H3,(H2,11,14). The van der Waals surface area contributed by atoms with Gasteiger partial charge in [-0.2, -0.15) is 0 Å². The minimum atomic E-state index is 0.00541. The Morgan fingerprint density at radius 2 is 2.71 bits per heavy atom.